The highest BCUT2D eigenvalue weighted by Crippen LogP contribution is 2.50. The fourth-order valence-corrected chi connectivity index (χ4v) is 8.97. The number of benzene rings is 5. The highest BCUT2D eigenvalue weighted by atomic mass is 35.5. The Morgan fingerprint density at radius 1 is 0.891 bits per heavy atom. The quantitative estimate of drug-likeness (QED) is 0.101. The number of quaternary nitrogens is 1. The van der Waals surface area contributed by atoms with Crippen molar-refractivity contribution in [2.75, 3.05) is 13.1 Å². The van der Waals surface area contributed by atoms with Gasteiger partial charge in [0.15, 0.2) is 6.10 Å². The number of ether oxygens (including phenoxy) is 1. The lowest BCUT2D eigenvalue weighted by Gasteiger charge is -2.59. The number of aromatic nitrogens is 1. The van der Waals surface area contributed by atoms with Crippen molar-refractivity contribution in [3.63, 3.8) is 0 Å². The molecule has 6 aromatic rings. The molecule has 5 atom stereocenters. The fourth-order valence-electron chi connectivity index (χ4n) is 8.76. The second-order valence-corrected chi connectivity index (χ2v) is 13.7. The molecule has 5 heteroatoms. The minimum atomic E-state index is -0.460. The van der Waals surface area contributed by atoms with Gasteiger partial charge in [-0.2, -0.15) is 0 Å². The predicted octanol–water partition coefficient (Wildman–Crippen LogP) is 9.93. The number of para-hydroxylation sites is 1. The van der Waals surface area contributed by atoms with Crippen LogP contribution in [0.3, 0.4) is 0 Å². The minimum absolute atomic E-state index is 0.0801. The van der Waals surface area contributed by atoms with Crippen LogP contribution in [0.25, 0.3) is 32.4 Å². The van der Waals surface area contributed by atoms with Crippen LogP contribution >= 0.6 is 11.6 Å². The van der Waals surface area contributed by atoms with E-state index in [-0.39, 0.29) is 12.0 Å². The second-order valence-electron chi connectivity index (χ2n) is 13.3. The number of carbonyl (C=O) groups excluding carboxylic acids is 1. The van der Waals surface area contributed by atoms with E-state index in [1.54, 1.807) is 12.1 Å². The van der Waals surface area contributed by atoms with E-state index in [1.807, 2.05) is 36.5 Å². The van der Waals surface area contributed by atoms with Gasteiger partial charge in [-0.1, -0.05) is 97.4 Å². The third-order valence-electron chi connectivity index (χ3n) is 11.0. The molecule has 0 radical (unpaired) electrons. The third kappa shape index (κ3) is 4.96. The Morgan fingerprint density at radius 3 is 2.30 bits per heavy atom. The van der Waals surface area contributed by atoms with E-state index in [0.29, 0.717) is 22.4 Å². The van der Waals surface area contributed by atoms with Gasteiger partial charge in [0.2, 0.25) is 0 Å². The van der Waals surface area contributed by atoms with Crippen LogP contribution in [-0.2, 0) is 11.3 Å². The second kappa shape index (κ2) is 11.8. The lowest BCUT2D eigenvalue weighted by Crippen LogP contribution is -2.68. The minimum Gasteiger partial charge on any atom is -0.447 e. The standard InChI is InChI=1S/C41H38ClN2O2/c1-2-27-25-44(26-36-31-13-5-3-11-29(31)23-30-12-4-6-14-32(30)36)22-20-28(27)24-39(44)40(46-41(45)35-16-7-9-17-37(35)42)34-19-21-43-38-18-10-8-15-33(34)38/h3-19,21,23,27-28,39-40H,2,20,22,24-26H2,1H3/q+1/t27-,28-,39+,40-,44-/m0/s1. The zero-order valence-corrected chi connectivity index (χ0v) is 26.9. The number of piperidine rings is 3. The smallest absolute Gasteiger partial charge is 0.340 e. The molecule has 230 valence electrons. The van der Waals surface area contributed by atoms with Gasteiger partial charge in [-0.05, 0) is 64.2 Å². The van der Waals surface area contributed by atoms with Crippen molar-refractivity contribution in [3.05, 3.63) is 137 Å². The van der Waals surface area contributed by atoms with Crippen LogP contribution in [0.1, 0.15) is 53.8 Å². The van der Waals surface area contributed by atoms with E-state index in [9.17, 15) is 4.79 Å². The Balaban J connectivity index is 1.31. The summed E-state index contributed by atoms with van der Waals surface area (Å²) in [4.78, 5) is 18.7. The molecule has 3 aliphatic rings. The summed E-state index contributed by atoms with van der Waals surface area (Å²) in [6.45, 7) is 5.37. The average Bonchev–Trinajstić information content (AvgIpc) is 3.10. The molecule has 0 N–H and O–H groups in total. The molecular formula is C41H38ClN2O2+. The molecule has 3 fully saturated rings. The molecule has 4 heterocycles. The van der Waals surface area contributed by atoms with Gasteiger partial charge < -0.3 is 9.22 Å². The normalized spacial score (nSPS) is 23.1. The Bertz CT molecular complexity index is 2030. The largest absolute Gasteiger partial charge is 0.447 e. The summed E-state index contributed by atoms with van der Waals surface area (Å²) in [6, 6.07) is 37.5. The van der Waals surface area contributed by atoms with Crippen molar-refractivity contribution in [1.29, 1.82) is 0 Å². The van der Waals surface area contributed by atoms with E-state index >= 15 is 0 Å². The van der Waals surface area contributed by atoms with Crippen LogP contribution < -0.4 is 0 Å². The fraction of sp³-hybridized carbons (Fsp3) is 0.268. The van der Waals surface area contributed by atoms with Gasteiger partial charge >= 0.3 is 5.97 Å². The molecule has 0 saturated carbocycles. The van der Waals surface area contributed by atoms with Crippen molar-refractivity contribution >= 4 is 50.0 Å². The van der Waals surface area contributed by atoms with Crippen LogP contribution in [0, 0.1) is 11.8 Å². The van der Waals surface area contributed by atoms with Gasteiger partial charge in [-0.3, -0.25) is 4.98 Å². The SMILES string of the molecule is CC[C@H]1C[N@+]2(Cc3c4ccccc4cc4ccccc34)CC[C@H]1C[C@@H]2[C@@H](OC(=O)c1ccccc1Cl)c1ccnc2ccccc12. The number of fused-ring (bicyclic) bond motifs is 6. The monoisotopic (exact) mass is 625 g/mol. The molecule has 0 amide bonds. The maximum Gasteiger partial charge on any atom is 0.340 e. The van der Waals surface area contributed by atoms with E-state index in [0.717, 1.165) is 53.4 Å². The first-order valence-corrected chi connectivity index (χ1v) is 17.0. The first kappa shape index (κ1) is 29.2. The van der Waals surface area contributed by atoms with Gasteiger partial charge in [0.25, 0.3) is 0 Å². The van der Waals surface area contributed by atoms with E-state index < -0.39 is 6.10 Å². The first-order chi connectivity index (χ1) is 22.5. The molecule has 3 saturated heterocycles. The number of nitrogens with zero attached hydrogens (tertiary/aromatic N) is 2. The van der Waals surface area contributed by atoms with Gasteiger partial charge in [-0.15, -0.1) is 0 Å². The summed E-state index contributed by atoms with van der Waals surface area (Å²) in [7, 11) is 0. The molecule has 2 bridgehead atoms. The maximum atomic E-state index is 14.0. The summed E-state index contributed by atoms with van der Waals surface area (Å²) < 4.78 is 7.64. The van der Waals surface area contributed by atoms with E-state index in [1.165, 1.54) is 33.5 Å². The summed E-state index contributed by atoms with van der Waals surface area (Å²) in [6.07, 6.45) is 4.77. The predicted molar refractivity (Wildman–Crippen MR) is 187 cm³/mol. The van der Waals surface area contributed by atoms with Crippen LogP contribution in [0.4, 0.5) is 0 Å². The lowest BCUT2D eigenvalue weighted by atomic mass is 9.70. The molecule has 3 aliphatic heterocycles. The molecule has 0 spiro atoms. The Labute approximate surface area is 275 Å². The number of esters is 1. The highest BCUT2D eigenvalue weighted by molar-refractivity contribution is 6.33. The zero-order valence-electron chi connectivity index (χ0n) is 26.1. The Kier molecular flexibility index (Phi) is 7.51. The van der Waals surface area contributed by atoms with Gasteiger partial charge in [0.1, 0.15) is 12.6 Å². The summed E-state index contributed by atoms with van der Waals surface area (Å²) in [5.41, 5.74) is 3.73. The molecule has 5 aromatic carbocycles. The van der Waals surface area contributed by atoms with Crippen LogP contribution in [0.5, 0.6) is 0 Å². The third-order valence-corrected chi connectivity index (χ3v) is 11.3. The van der Waals surface area contributed by atoms with Crippen molar-refractivity contribution in [2.24, 2.45) is 11.8 Å². The summed E-state index contributed by atoms with van der Waals surface area (Å²) >= 11 is 6.56. The van der Waals surface area contributed by atoms with Gasteiger partial charge in [0, 0.05) is 41.5 Å². The molecule has 1 aromatic heterocycles. The van der Waals surface area contributed by atoms with Gasteiger partial charge in [0.05, 0.1) is 29.2 Å². The van der Waals surface area contributed by atoms with Crippen molar-refractivity contribution < 1.29 is 14.0 Å². The van der Waals surface area contributed by atoms with E-state index in [4.69, 9.17) is 16.3 Å². The molecular weight excluding hydrogens is 588 g/mol. The number of carbonyl (C=O) groups is 1. The summed E-state index contributed by atoms with van der Waals surface area (Å²) in [5.74, 6) is 0.870. The number of rotatable bonds is 7. The maximum absolute atomic E-state index is 14.0. The first-order valence-electron chi connectivity index (χ1n) is 16.6. The summed E-state index contributed by atoms with van der Waals surface area (Å²) in [5, 5.41) is 6.61. The highest BCUT2D eigenvalue weighted by Gasteiger charge is 2.55. The van der Waals surface area contributed by atoms with Crippen molar-refractivity contribution in [1.82, 2.24) is 4.98 Å². The van der Waals surface area contributed by atoms with Crippen LogP contribution in [0.2, 0.25) is 5.02 Å². The number of pyridine rings is 1. The molecule has 46 heavy (non-hydrogen) atoms. The molecule has 9 rings (SSSR count). The van der Waals surface area contributed by atoms with Crippen LogP contribution in [-0.4, -0.2) is 34.6 Å². The molecule has 0 unspecified atom stereocenters. The Morgan fingerprint density at radius 2 is 1.57 bits per heavy atom. The van der Waals surface area contributed by atoms with Crippen molar-refractivity contribution in [3.8, 4) is 0 Å². The van der Waals surface area contributed by atoms with Crippen LogP contribution in [0.15, 0.2) is 115 Å². The zero-order chi connectivity index (χ0) is 31.3. The average molecular weight is 626 g/mol. The molecule has 0 aliphatic carbocycles. The number of hydrogen-bond donors (Lipinski definition) is 0. The van der Waals surface area contributed by atoms with Gasteiger partial charge in [-0.25, -0.2) is 4.79 Å². The number of halogens is 1. The topological polar surface area (TPSA) is 39.2 Å². The van der Waals surface area contributed by atoms with E-state index in [2.05, 4.69) is 78.6 Å². The Hall–Kier alpha value is -4.25. The lowest BCUT2D eigenvalue weighted by molar-refractivity contribution is -0.985. The van der Waals surface area contributed by atoms with Crippen molar-refractivity contribution in [2.45, 2.75) is 44.9 Å². The molecule has 4 nitrogen and oxygen atoms in total. The number of hydrogen-bond acceptors (Lipinski definition) is 3.